The van der Waals surface area contributed by atoms with Crippen molar-refractivity contribution < 1.29 is 38.0 Å². The van der Waals surface area contributed by atoms with Crippen molar-refractivity contribution in [3.8, 4) is 29.1 Å². The maximum absolute atomic E-state index is 15.7. The highest BCUT2D eigenvalue weighted by Crippen LogP contribution is 2.37. The van der Waals surface area contributed by atoms with E-state index in [-0.39, 0.29) is 41.8 Å². The summed E-state index contributed by atoms with van der Waals surface area (Å²) in [7, 11) is 6.24. The average Bonchev–Trinajstić information content (AvgIpc) is 3.15. The number of aliphatic hydroxyl groups is 1. The normalized spacial score (nSPS) is 15.1. The number of methoxy groups -OCH3 is 4. The number of carbonyl (C=O) groups is 1. The van der Waals surface area contributed by atoms with Gasteiger partial charge in [0, 0.05) is 40.7 Å². The lowest BCUT2D eigenvalue weighted by molar-refractivity contribution is 0.102. The van der Waals surface area contributed by atoms with Crippen molar-refractivity contribution in [2.45, 2.75) is 25.6 Å². The number of aromatic nitrogens is 1. The highest BCUT2D eigenvalue weighted by atomic mass is 19.1. The Kier molecular flexibility index (Phi) is 10.8. The lowest BCUT2D eigenvalue weighted by atomic mass is 9.90. The molecule has 0 saturated carbocycles. The molecule has 1 aliphatic heterocycles. The number of halogens is 1. The first kappa shape index (κ1) is 35.2. The molecule has 1 amide bonds. The summed E-state index contributed by atoms with van der Waals surface area (Å²) in [5.74, 6) is 1.32. The van der Waals surface area contributed by atoms with Gasteiger partial charge in [0.15, 0.2) is 0 Å². The highest BCUT2D eigenvalue weighted by Gasteiger charge is 2.35. The summed E-state index contributed by atoms with van der Waals surface area (Å²) < 4.78 is 44.0. The van der Waals surface area contributed by atoms with Crippen molar-refractivity contribution in [3.63, 3.8) is 0 Å². The van der Waals surface area contributed by atoms with Gasteiger partial charge in [0.1, 0.15) is 58.5 Å². The predicted molar refractivity (Wildman–Crippen MR) is 183 cm³/mol. The first-order valence-corrected chi connectivity index (χ1v) is 15.4. The Morgan fingerprint density at radius 2 is 1.58 bits per heavy atom. The number of benzene rings is 3. The van der Waals surface area contributed by atoms with Crippen molar-refractivity contribution in [1.29, 1.82) is 5.26 Å². The molecule has 0 aliphatic carbocycles. The van der Waals surface area contributed by atoms with Crippen LogP contribution in [0.1, 0.15) is 39.7 Å². The Bertz CT molecular complexity index is 1920. The standard InChI is InChI=1S/C37H36FN5O7/c1-37(30-14-26(9-12-31(30)38)41-35(45)32-13-6-23(18-39)19-40-32)17-29(22-44)50-36(42-37)43(20-24-7-10-27(46-2)15-33(24)48-4)21-25-8-11-28(47-3)16-34(25)49-5/h6-17,19,44H,20-22H2,1-5H3,(H,41,45)/t37-/m0/s1. The summed E-state index contributed by atoms with van der Waals surface area (Å²) in [5, 5.41) is 22.1. The van der Waals surface area contributed by atoms with Gasteiger partial charge in [-0.2, -0.15) is 5.26 Å². The fourth-order valence-corrected chi connectivity index (χ4v) is 5.41. The summed E-state index contributed by atoms with van der Waals surface area (Å²) >= 11 is 0. The number of amidine groups is 1. The fourth-order valence-electron chi connectivity index (χ4n) is 5.41. The minimum absolute atomic E-state index is 0.0773. The third-order valence-electron chi connectivity index (χ3n) is 8.02. The molecule has 4 aromatic rings. The van der Waals surface area contributed by atoms with Gasteiger partial charge in [0.25, 0.3) is 11.9 Å². The molecular weight excluding hydrogens is 645 g/mol. The van der Waals surface area contributed by atoms with Crippen molar-refractivity contribution in [1.82, 2.24) is 9.88 Å². The molecule has 3 aromatic carbocycles. The molecule has 0 fully saturated rings. The van der Waals surface area contributed by atoms with E-state index >= 15 is 4.39 Å². The zero-order valence-electron chi connectivity index (χ0n) is 28.2. The maximum atomic E-state index is 15.7. The van der Waals surface area contributed by atoms with Crippen LogP contribution in [0.5, 0.6) is 23.0 Å². The zero-order chi connectivity index (χ0) is 35.8. The Morgan fingerprint density at radius 1 is 0.940 bits per heavy atom. The molecule has 2 N–H and O–H groups in total. The number of aliphatic imine (C=N–C) groups is 1. The van der Waals surface area contributed by atoms with Crippen LogP contribution in [0.2, 0.25) is 0 Å². The van der Waals surface area contributed by atoms with E-state index in [4.69, 9.17) is 33.9 Å². The minimum atomic E-state index is -1.39. The van der Waals surface area contributed by atoms with E-state index in [0.29, 0.717) is 28.6 Å². The molecule has 50 heavy (non-hydrogen) atoms. The summed E-state index contributed by atoms with van der Waals surface area (Å²) in [5.41, 5.74) is 0.914. The van der Waals surface area contributed by atoms with Gasteiger partial charge in [0.2, 0.25) is 0 Å². The average molecular weight is 682 g/mol. The molecule has 12 nitrogen and oxygen atoms in total. The molecule has 13 heteroatoms. The van der Waals surface area contributed by atoms with E-state index in [0.717, 1.165) is 11.1 Å². The monoisotopic (exact) mass is 681 g/mol. The van der Waals surface area contributed by atoms with Crippen LogP contribution < -0.4 is 24.3 Å². The quantitative estimate of drug-likeness (QED) is 0.195. The Balaban J connectivity index is 1.56. The van der Waals surface area contributed by atoms with Gasteiger partial charge in [-0.25, -0.2) is 14.4 Å². The van der Waals surface area contributed by atoms with Gasteiger partial charge in [0.05, 0.1) is 47.1 Å². The summed E-state index contributed by atoms with van der Waals surface area (Å²) in [4.78, 5) is 23.7. The van der Waals surface area contributed by atoms with E-state index in [1.807, 2.05) is 23.1 Å². The smallest absolute Gasteiger partial charge is 0.294 e. The summed E-state index contributed by atoms with van der Waals surface area (Å²) in [6.45, 7) is 1.61. The molecule has 1 atom stereocenters. The molecule has 0 bridgehead atoms. The van der Waals surface area contributed by atoms with E-state index < -0.39 is 23.9 Å². The second kappa shape index (κ2) is 15.4. The van der Waals surface area contributed by atoms with Gasteiger partial charge < -0.3 is 39.0 Å². The highest BCUT2D eigenvalue weighted by molar-refractivity contribution is 6.02. The van der Waals surface area contributed by atoms with E-state index in [9.17, 15) is 9.90 Å². The van der Waals surface area contributed by atoms with Crippen LogP contribution in [0.25, 0.3) is 0 Å². The largest absolute Gasteiger partial charge is 0.497 e. The molecular formula is C37H36FN5O7. The SMILES string of the molecule is COc1ccc(CN(Cc2ccc(OC)cc2OC)C2=N[C@](C)(c3cc(NC(=O)c4ccc(C#N)cn4)ccc3F)C=C(CO)O2)c(OC)c1. The van der Waals surface area contributed by atoms with Crippen molar-refractivity contribution in [3.05, 3.63) is 119 Å². The van der Waals surface area contributed by atoms with Crippen molar-refractivity contribution >= 4 is 17.6 Å². The maximum Gasteiger partial charge on any atom is 0.294 e. The number of nitrogens with one attached hydrogen (secondary N) is 1. The molecule has 0 spiro atoms. The second-order valence-corrected chi connectivity index (χ2v) is 11.3. The molecule has 5 rings (SSSR count). The number of nitriles is 1. The molecule has 2 heterocycles. The molecule has 0 saturated heterocycles. The molecule has 1 aromatic heterocycles. The first-order valence-electron chi connectivity index (χ1n) is 15.4. The minimum Gasteiger partial charge on any atom is -0.497 e. The fraction of sp³-hybridized carbons (Fsp3) is 0.243. The van der Waals surface area contributed by atoms with Gasteiger partial charge >= 0.3 is 0 Å². The van der Waals surface area contributed by atoms with Crippen LogP contribution in [-0.4, -0.2) is 62.0 Å². The third kappa shape index (κ3) is 7.77. The molecule has 1 aliphatic rings. The Hall–Kier alpha value is -6.13. The van der Waals surface area contributed by atoms with E-state index in [1.165, 1.54) is 42.6 Å². The molecule has 258 valence electrons. The Morgan fingerprint density at radius 3 is 2.10 bits per heavy atom. The second-order valence-electron chi connectivity index (χ2n) is 11.3. The number of aliphatic hydroxyl groups excluding tert-OH is 1. The molecule has 0 radical (unpaired) electrons. The lowest BCUT2D eigenvalue weighted by Gasteiger charge is -2.34. The van der Waals surface area contributed by atoms with Crippen LogP contribution in [0.15, 0.2) is 89.8 Å². The van der Waals surface area contributed by atoms with Crippen LogP contribution in [-0.2, 0) is 23.4 Å². The van der Waals surface area contributed by atoms with Gasteiger partial charge in [-0.3, -0.25) is 4.79 Å². The number of carbonyl (C=O) groups excluding carboxylic acids is 1. The van der Waals surface area contributed by atoms with Crippen LogP contribution in [0, 0.1) is 17.1 Å². The molecule has 0 unspecified atom stereocenters. The van der Waals surface area contributed by atoms with Gasteiger partial charge in [-0.05, 0) is 67.6 Å². The first-order chi connectivity index (χ1) is 24.1. The van der Waals surface area contributed by atoms with Crippen molar-refractivity contribution in [2.24, 2.45) is 4.99 Å². The number of hydrogen-bond donors (Lipinski definition) is 2. The number of ether oxygens (including phenoxy) is 5. The number of rotatable bonds is 12. The third-order valence-corrected chi connectivity index (χ3v) is 8.02. The number of hydrogen-bond acceptors (Lipinski definition) is 11. The predicted octanol–water partition coefficient (Wildman–Crippen LogP) is 5.56. The zero-order valence-corrected chi connectivity index (χ0v) is 28.2. The number of anilines is 1. The number of pyridine rings is 1. The number of amides is 1. The van der Waals surface area contributed by atoms with E-state index in [2.05, 4.69) is 10.3 Å². The van der Waals surface area contributed by atoms with Crippen LogP contribution in [0.4, 0.5) is 10.1 Å². The van der Waals surface area contributed by atoms with Crippen molar-refractivity contribution in [2.75, 3.05) is 40.4 Å². The summed E-state index contributed by atoms with van der Waals surface area (Å²) in [6.07, 6.45) is 2.82. The van der Waals surface area contributed by atoms with Gasteiger partial charge in [-0.15, -0.1) is 0 Å². The summed E-state index contributed by atoms with van der Waals surface area (Å²) in [6, 6.07) is 19.9. The lowest BCUT2D eigenvalue weighted by Crippen LogP contribution is -2.38. The van der Waals surface area contributed by atoms with Crippen LogP contribution >= 0.6 is 0 Å². The topological polar surface area (TPSA) is 148 Å². The van der Waals surface area contributed by atoms with Crippen LogP contribution in [0.3, 0.4) is 0 Å². The van der Waals surface area contributed by atoms with E-state index in [1.54, 1.807) is 59.6 Å². The Labute approximate surface area is 289 Å². The number of nitrogens with zero attached hydrogens (tertiary/aromatic N) is 4. The van der Waals surface area contributed by atoms with Gasteiger partial charge in [-0.1, -0.05) is 0 Å².